The van der Waals surface area contributed by atoms with Crippen LogP contribution in [0.25, 0.3) is 21.7 Å². The number of H-pyrrole nitrogens is 1. The van der Waals surface area contributed by atoms with Crippen LogP contribution in [0.5, 0.6) is 0 Å². The number of rotatable bonds is 4. The van der Waals surface area contributed by atoms with E-state index in [4.69, 9.17) is 10.7 Å². The number of pyridine rings is 2. The average molecular weight is 416 g/mol. The Balaban J connectivity index is 1.60. The minimum atomic E-state index is -0.289. The highest BCUT2D eigenvalue weighted by Gasteiger charge is 2.22. The van der Waals surface area contributed by atoms with Crippen LogP contribution in [0, 0.1) is 6.92 Å². The van der Waals surface area contributed by atoms with Gasteiger partial charge in [0.1, 0.15) is 11.6 Å². The number of fused-ring (bicyclic) bond motifs is 2. The fourth-order valence-corrected chi connectivity index (χ4v) is 4.37. The third-order valence-electron chi connectivity index (χ3n) is 6.02. The predicted molar refractivity (Wildman–Crippen MR) is 124 cm³/mol. The molecule has 1 aliphatic carbocycles. The van der Waals surface area contributed by atoms with Crippen molar-refractivity contribution in [2.75, 3.05) is 10.6 Å². The zero-order valence-electron chi connectivity index (χ0n) is 17.4. The van der Waals surface area contributed by atoms with E-state index in [1.165, 1.54) is 0 Å². The maximum Gasteiger partial charge on any atom is 0.275 e. The normalized spacial score (nSPS) is 18.9. The Kier molecular flexibility index (Phi) is 4.99. The molecule has 0 amide bonds. The summed E-state index contributed by atoms with van der Waals surface area (Å²) in [6, 6.07) is 10.0. The first-order valence-electron chi connectivity index (χ1n) is 10.6. The average Bonchev–Trinajstić information content (AvgIpc) is 2.77. The summed E-state index contributed by atoms with van der Waals surface area (Å²) in [6.45, 7) is 2.03. The Morgan fingerprint density at radius 3 is 2.94 bits per heavy atom. The van der Waals surface area contributed by atoms with E-state index in [1.807, 2.05) is 37.3 Å². The number of anilines is 3. The molecule has 1 aliphatic rings. The van der Waals surface area contributed by atoms with Crippen LogP contribution in [0.1, 0.15) is 31.2 Å². The molecule has 1 aromatic carbocycles. The Morgan fingerprint density at radius 2 is 2.06 bits per heavy atom. The van der Waals surface area contributed by atoms with E-state index in [2.05, 4.69) is 25.8 Å². The number of nitrogens with two attached hydrogens (primary N) is 1. The van der Waals surface area contributed by atoms with Gasteiger partial charge in [0.15, 0.2) is 0 Å². The van der Waals surface area contributed by atoms with E-state index >= 15 is 0 Å². The zero-order chi connectivity index (χ0) is 21.4. The number of hydrogen-bond donors (Lipinski definition) is 4. The molecule has 3 aromatic heterocycles. The first kappa shape index (κ1) is 19.4. The van der Waals surface area contributed by atoms with Crippen molar-refractivity contribution in [2.45, 2.75) is 44.7 Å². The van der Waals surface area contributed by atoms with E-state index in [9.17, 15) is 4.79 Å². The van der Waals surface area contributed by atoms with Gasteiger partial charge in [0.05, 0.1) is 17.1 Å². The SMILES string of the molecule is Cc1ccc(Nc2nc(N[C@@H]3CCCC[C@@H]3N)cc3cn[nH]c(=O)c23)c2cccnc12. The van der Waals surface area contributed by atoms with Crippen molar-refractivity contribution >= 4 is 39.0 Å². The molecular weight excluding hydrogens is 390 g/mol. The molecule has 0 saturated heterocycles. The molecule has 5 N–H and O–H groups in total. The van der Waals surface area contributed by atoms with Crippen LogP contribution in [0.2, 0.25) is 0 Å². The molecule has 0 aliphatic heterocycles. The summed E-state index contributed by atoms with van der Waals surface area (Å²) >= 11 is 0. The first-order chi connectivity index (χ1) is 15.1. The fourth-order valence-electron chi connectivity index (χ4n) is 4.37. The van der Waals surface area contributed by atoms with Gasteiger partial charge < -0.3 is 16.4 Å². The van der Waals surface area contributed by atoms with E-state index in [1.54, 1.807) is 12.4 Å². The molecule has 0 radical (unpaired) electrons. The summed E-state index contributed by atoms with van der Waals surface area (Å²) in [7, 11) is 0. The van der Waals surface area contributed by atoms with Gasteiger partial charge >= 0.3 is 0 Å². The van der Waals surface area contributed by atoms with Gasteiger partial charge in [-0.1, -0.05) is 18.9 Å². The van der Waals surface area contributed by atoms with Crippen LogP contribution < -0.4 is 21.9 Å². The second-order valence-corrected chi connectivity index (χ2v) is 8.17. The highest BCUT2D eigenvalue weighted by Crippen LogP contribution is 2.30. The monoisotopic (exact) mass is 415 g/mol. The van der Waals surface area contributed by atoms with Gasteiger partial charge in [-0.25, -0.2) is 10.1 Å². The number of benzene rings is 1. The smallest absolute Gasteiger partial charge is 0.275 e. The van der Waals surface area contributed by atoms with Crippen molar-refractivity contribution in [3.05, 3.63) is 58.6 Å². The number of aromatic nitrogens is 4. The molecule has 0 unspecified atom stereocenters. The van der Waals surface area contributed by atoms with Crippen LogP contribution in [0.15, 0.2) is 47.5 Å². The summed E-state index contributed by atoms with van der Waals surface area (Å²) in [4.78, 5) is 21.9. The predicted octanol–water partition coefficient (Wildman–Crippen LogP) is 3.60. The quantitative estimate of drug-likeness (QED) is 0.402. The standard InChI is InChI=1S/C23H25N7O/c1-13-8-9-17(15-5-4-10-25-21(13)15)28-22-20-14(12-26-30-23(20)31)11-19(29-22)27-18-7-3-2-6-16(18)24/h4-5,8-12,16,18H,2-3,6-7,24H2,1H3,(H,30,31)(H2,27,28,29)/t16-,18+/m0/s1. The number of aryl methyl sites for hydroxylation is 1. The molecule has 8 nitrogen and oxygen atoms in total. The van der Waals surface area contributed by atoms with E-state index in [0.29, 0.717) is 22.4 Å². The summed E-state index contributed by atoms with van der Waals surface area (Å²) < 4.78 is 0. The Morgan fingerprint density at radius 1 is 1.19 bits per heavy atom. The second-order valence-electron chi connectivity index (χ2n) is 8.17. The summed E-state index contributed by atoms with van der Waals surface area (Å²) in [5.41, 5.74) is 8.87. The molecule has 2 atom stereocenters. The number of nitrogens with one attached hydrogen (secondary N) is 3. The molecule has 3 heterocycles. The molecule has 4 aromatic rings. The van der Waals surface area contributed by atoms with E-state index < -0.39 is 0 Å². The highest BCUT2D eigenvalue weighted by molar-refractivity contribution is 5.99. The van der Waals surface area contributed by atoms with Crippen molar-refractivity contribution in [1.29, 1.82) is 0 Å². The lowest BCUT2D eigenvalue weighted by Crippen LogP contribution is -2.42. The van der Waals surface area contributed by atoms with Crippen LogP contribution in [-0.4, -0.2) is 32.2 Å². The third kappa shape index (κ3) is 3.70. The van der Waals surface area contributed by atoms with Crippen molar-refractivity contribution < 1.29 is 0 Å². The maximum atomic E-state index is 12.6. The van der Waals surface area contributed by atoms with E-state index in [0.717, 1.165) is 47.8 Å². The first-order valence-corrected chi connectivity index (χ1v) is 10.6. The highest BCUT2D eigenvalue weighted by atomic mass is 16.1. The molecule has 158 valence electrons. The molecule has 1 saturated carbocycles. The molecule has 8 heteroatoms. The van der Waals surface area contributed by atoms with Gasteiger partial charge in [-0.2, -0.15) is 5.10 Å². The van der Waals surface area contributed by atoms with Crippen LogP contribution in [0.3, 0.4) is 0 Å². The van der Waals surface area contributed by atoms with Gasteiger partial charge in [-0.15, -0.1) is 0 Å². The van der Waals surface area contributed by atoms with Crippen LogP contribution >= 0.6 is 0 Å². The summed E-state index contributed by atoms with van der Waals surface area (Å²) in [5.74, 6) is 1.15. The van der Waals surface area contributed by atoms with Gasteiger partial charge in [-0.3, -0.25) is 9.78 Å². The molecule has 31 heavy (non-hydrogen) atoms. The molecular formula is C23H25N7O. The minimum absolute atomic E-state index is 0.0899. The molecule has 0 spiro atoms. The molecule has 5 rings (SSSR count). The number of aromatic amines is 1. The van der Waals surface area contributed by atoms with Crippen molar-refractivity contribution in [3.8, 4) is 0 Å². The lowest BCUT2D eigenvalue weighted by Gasteiger charge is -2.30. The summed E-state index contributed by atoms with van der Waals surface area (Å²) in [6.07, 6.45) is 7.73. The Hall–Kier alpha value is -3.52. The summed E-state index contributed by atoms with van der Waals surface area (Å²) in [5, 5.41) is 15.5. The van der Waals surface area contributed by atoms with Gasteiger partial charge in [0.2, 0.25) is 0 Å². The third-order valence-corrected chi connectivity index (χ3v) is 6.02. The maximum absolute atomic E-state index is 12.6. The Bertz CT molecular complexity index is 1320. The topological polar surface area (TPSA) is 122 Å². The molecule has 0 bridgehead atoms. The number of hydrogen-bond acceptors (Lipinski definition) is 7. The van der Waals surface area contributed by atoms with Crippen molar-refractivity contribution in [3.63, 3.8) is 0 Å². The fraction of sp³-hybridized carbons (Fsp3) is 0.304. The lowest BCUT2D eigenvalue weighted by molar-refractivity contribution is 0.403. The second kappa shape index (κ2) is 7.96. The number of nitrogens with zero attached hydrogens (tertiary/aromatic N) is 3. The van der Waals surface area contributed by atoms with E-state index in [-0.39, 0.29) is 17.6 Å². The lowest BCUT2D eigenvalue weighted by atomic mass is 9.91. The molecule has 1 fully saturated rings. The van der Waals surface area contributed by atoms with Gasteiger partial charge in [-0.05, 0) is 49.6 Å². The van der Waals surface area contributed by atoms with Crippen LogP contribution in [-0.2, 0) is 0 Å². The van der Waals surface area contributed by atoms with Crippen molar-refractivity contribution in [1.82, 2.24) is 20.2 Å². The van der Waals surface area contributed by atoms with Gasteiger partial charge in [0.25, 0.3) is 5.56 Å². The minimum Gasteiger partial charge on any atom is -0.366 e. The van der Waals surface area contributed by atoms with Crippen molar-refractivity contribution in [2.24, 2.45) is 5.73 Å². The Labute approximate surface area is 179 Å². The zero-order valence-corrected chi connectivity index (χ0v) is 17.4. The van der Waals surface area contributed by atoms with Crippen LogP contribution in [0.4, 0.5) is 17.3 Å². The van der Waals surface area contributed by atoms with Gasteiger partial charge in [0, 0.05) is 34.7 Å². The largest absolute Gasteiger partial charge is 0.366 e.